The average Bonchev–Trinajstić information content (AvgIpc) is 2.95. The highest BCUT2D eigenvalue weighted by atomic mass is 16.5. The van der Waals surface area contributed by atoms with Crippen LogP contribution in [0.1, 0.15) is 33.1 Å². The summed E-state index contributed by atoms with van der Waals surface area (Å²) in [5.41, 5.74) is -0.150. The molecule has 0 saturated heterocycles. The monoisotopic (exact) mass is 200 g/mol. The van der Waals surface area contributed by atoms with Gasteiger partial charge in [-0.2, -0.15) is 0 Å². The van der Waals surface area contributed by atoms with E-state index in [0.29, 0.717) is 12.5 Å². The molecule has 0 amide bonds. The number of carbonyl (C=O) groups excluding carboxylic acids is 1. The summed E-state index contributed by atoms with van der Waals surface area (Å²) >= 11 is 0. The van der Waals surface area contributed by atoms with Gasteiger partial charge >= 0.3 is 0 Å². The number of hydrogen-bond donors (Lipinski definition) is 0. The third-order valence-electron chi connectivity index (χ3n) is 2.68. The molecule has 14 heavy (non-hydrogen) atoms. The first kappa shape index (κ1) is 11.7. The summed E-state index contributed by atoms with van der Waals surface area (Å²) < 4.78 is 10.5. The maximum absolute atomic E-state index is 11.2. The minimum atomic E-state index is -0.150. The molecule has 0 aromatic heterocycles. The van der Waals surface area contributed by atoms with Gasteiger partial charge in [0.15, 0.2) is 5.78 Å². The zero-order valence-electron chi connectivity index (χ0n) is 9.34. The van der Waals surface area contributed by atoms with E-state index in [1.165, 1.54) is 0 Å². The van der Waals surface area contributed by atoms with Gasteiger partial charge in [-0.05, 0) is 33.1 Å². The molecule has 0 aromatic rings. The van der Waals surface area contributed by atoms with Gasteiger partial charge < -0.3 is 9.47 Å². The summed E-state index contributed by atoms with van der Waals surface area (Å²) in [5, 5.41) is 0. The molecule has 3 heteroatoms. The number of hydrogen-bond acceptors (Lipinski definition) is 3. The summed E-state index contributed by atoms with van der Waals surface area (Å²) in [6.45, 7) is 4.90. The minimum Gasteiger partial charge on any atom is -0.379 e. The lowest BCUT2D eigenvalue weighted by molar-refractivity contribution is -0.125. The van der Waals surface area contributed by atoms with E-state index in [1.807, 2.05) is 13.8 Å². The van der Waals surface area contributed by atoms with Crippen molar-refractivity contribution in [3.05, 3.63) is 0 Å². The summed E-state index contributed by atoms with van der Waals surface area (Å²) in [7, 11) is 1.69. The molecule has 0 unspecified atom stereocenters. The molecule has 1 saturated carbocycles. The van der Waals surface area contributed by atoms with Gasteiger partial charge in [0.05, 0.1) is 5.60 Å². The SMILES string of the molecule is COC(C)(C)CCOCC(=O)C1CC1. The highest BCUT2D eigenvalue weighted by Crippen LogP contribution is 2.29. The Kier molecular flexibility index (Phi) is 4.08. The smallest absolute Gasteiger partial charge is 0.161 e. The van der Waals surface area contributed by atoms with E-state index in [0.717, 1.165) is 19.3 Å². The first-order valence-corrected chi connectivity index (χ1v) is 5.21. The largest absolute Gasteiger partial charge is 0.379 e. The Balaban J connectivity index is 2.01. The van der Waals surface area contributed by atoms with Crippen LogP contribution in [0.25, 0.3) is 0 Å². The molecule has 1 rings (SSSR count). The molecule has 0 radical (unpaired) electrons. The second kappa shape index (κ2) is 4.89. The molecule has 0 heterocycles. The summed E-state index contributed by atoms with van der Waals surface area (Å²) in [6, 6.07) is 0. The fourth-order valence-electron chi connectivity index (χ4n) is 1.12. The molecule has 0 spiro atoms. The van der Waals surface area contributed by atoms with E-state index in [2.05, 4.69) is 0 Å². The lowest BCUT2D eigenvalue weighted by atomic mass is 10.1. The van der Waals surface area contributed by atoms with Crippen LogP contribution < -0.4 is 0 Å². The van der Waals surface area contributed by atoms with Crippen molar-refractivity contribution in [1.82, 2.24) is 0 Å². The number of ether oxygens (including phenoxy) is 2. The first-order valence-electron chi connectivity index (χ1n) is 5.21. The maximum atomic E-state index is 11.2. The van der Waals surface area contributed by atoms with Crippen molar-refractivity contribution in [3.8, 4) is 0 Å². The second-order valence-electron chi connectivity index (χ2n) is 4.51. The molecular weight excluding hydrogens is 180 g/mol. The predicted octanol–water partition coefficient (Wildman–Crippen LogP) is 1.80. The quantitative estimate of drug-likeness (QED) is 0.588. The van der Waals surface area contributed by atoms with Gasteiger partial charge in [0.2, 0.25) is 0 Å². The second-order valence-corrected chi connectivity index (χ2v) is 4.51. The van der Waals surface area contributed by atoms with E-state index in [1.54, 1.807) is 7.11 Å². The van der Waals surface area contributed by atoms with Crippen LogP contribution in [0.15, 0.2) is 0 Å². The molecule has 0 N–H and O–H groups in total. The maximum Gasteiger partial charge on any atom is 0.161 e. The van der Waals surface area contributed by atoms with Crippen molar-refractivity contribution in [3.63, 3.8) is 0 Å². The van der Waals surface area contributed by atoms with Gasteiger partial charge in [-0.1, -0.05) is 0 Å². The molecular formula is C11H20O3. The Morgan fingerprint density at radius 2 is 2.07 bits per heavy atom. The van der Waals surface area contributed by atoms with Crippen LogP contribution in [0.2, 0.25) is 0 Å². The minimum absolute atomic E-state index is 0.150. The zero-order chi connectivity index (χ0) is 10.6. The number of carbonyl (C=O) groups is 1. The van der Waals surface area contributed by atoms with E-state index in [-0.39, 0.29) is 18.0 Å². The lowest BCUT2D eigenvalue weighted by Gasteiger charge is -2.22. The van der Waals surface area contributed by atoms with E-state index in [4.69, 9.17) is 9.47 Å². The molecule has 1 fully saturated rings. The van der Waals surface area contributed by atoms with Crippen molar-refractivity contribution in [1.29, 1.82) is 0 Å². The molecule has 1 aliphatic carbocycles. The predicted molar refractivity (Wildman–Crippen MR) is 54.3 cm³/mol. The van der Waals surface area contributed by atoms with Crippen LogP contribution in [-0.4, -0.2) is 31.7 Å². The Bertz CT molecular complexity index is 195. The summed E-state index contributed by atoms with van der Waals surface area (Å²) in [4.78, 5) is 11.2. The fraction of sp³-hybridized carbons (Fsp3) is 0.909. The van der Waals surface area contributed by atoms with Crippen LogP contribution in [0.5, 0.6) is 0 Å². The van der Waals surface area contributed by atoms with Crippen LogP contribution in [0.4, 0.5) is 0 Å². The number of methoxy groups -OCH3 is 1. The lowest BCUT2D eigenvalue weighted by Crippen LogP contribution is -2.25. The van der Waals surface area contributed by atoms with Crippen molar-refractivity contribution in [2.24, 2.45) is 5.92 Å². The highest BCUT2D eigenvalue weighted by Gasteiger charge is 2.29. The van der Waals surface area contributed by atoms with Crippen LogP contribution in [0, 0.1) is 5.92 Å². The first-order chi connectivity index (χ1) is 6.55. The molecule has 0 aliphatic heterocycles. The topological polar surface area (TPSA) is 35.5 Å². The van der Waals surface area contributed by atoms with Crippen molar-refractivity contribution in [2.45, 2.75) is 38.7 Å². The van der Waals surface area contributed by atoms with Crippen LogP contribution in [-0.2, 0) is 14.3 Å². The average molecular weight is 200 g/mol. The molecule has 0 atom stereocenters. The standard InChI is InChI=1S/C11H20O3/c1-11(2,13-3)6-7-14-8-10(12)9-4-5-9/h9H,4-8H2,1-3H3. The van der Waals surface area contributed by atoms with Crippen LogP contribution >= 0.6 is 0 Å². The molecule has 0 bridgehead atoms. The number of rotatable bonds is 7. The third kappa shape index (κ3) is 4.20. The molecule has 3 nitrogen and oxygen atoms in total. The van der Waals surface area contributed by atoms with Crippen LogP contribution in [0.3, 0.4) is 0 Å². The normalized spacial score (nSPS) is 17.1. The zero-order valence-corrected chi connectivity index (χ0v) is 9.34. The van der Waals surface area contributed by atoms with Gasteiger partial charge in [0, 0.05) is 19.6 Å². The number of ketones is 1. The summed E-state index contributed by atoms with van der Waals surface area (Å²) in [5.74, 6) is 0.575. The van der Waals surface area contributed by atoms with Gasteiger partial charge in [0.25, 0.3) is 0 Å². The Morgan fingerprint density at radius 1 is 1.43 bits per heavy atom. The molecule has 82 valence electrons. The Morgan fingerprint density at radius 3 is 2.57 bits per heavy atom. The van der Waals surface area contributed by atoms with Gasteiger partial charge in [0.1, 0.15) is 6.61 Å². The van der Waals surface area contributed by atoms with E-state index >= 15 is 0 Å². The van der Waals surface area contributed by atoms with Gasteiger partial charge in [-0.25, -0.2) is 0 Å². The summed E-state index contributed by atoms with van der Waals surface area (Å²) in [6.07, 6.45) is 2.94. The third-order valence-corrected chi connectivity index (χ3v) is 2.68. The van der Waals surface area contributed by atoms with Gasteiger partial charge in [-0.3, -0.25) is 4.79 Å². The van der Waals surface area contributed by atoms with Crippen molar-refractivity contribution >= 4 is 5.78 Å². The van der Waals surface area contributed by atoms with E-state index in [9.17, 15) is 4.79 Å². The fourth-order valence-corrected chi connectivity index (χ4v) is 1.12. The number of Topliss-reactive ketones (excluding diaryl/α,β-unsaturated/α-hetero) is 1. The van der Waals surface area contributed by atoms with Gasteiger partial charge in [-0.15, -0.1) is 0 Å². The van der Waals surface area contributed by atoms with Crippen molar-refractivity contribution in [2.75, 3.05) is 20.3 Å². The molecule has 0 aromatic carbocycles. The highest BCUT2D eigenvalue weighted by molar-refractivity contribution is 5.84. The Hall–Kier alpha value is -0.410. The van der Waals surface area contributed by atoms with Crippen molar-refractivity contribution < 1.29 is 14.3 Å². The van der Waals surface area contributed by atoms with E-state index < -0.39 is 0 Å². The molecule has 1 aliphatic rings. The Labute approximate surface area is 85.8 Å².